The molecule has 4 nitrogen and oxygen atoms in total. The third kappa shape index (κ3) is 3.69. The molecule has 1 fully saturated rings. The van der Waals surface area contributed by atoms with Crippen LogP contribution in [-0.2, 0) is 6.54 Å². The Balaban J connectivity index is 1.72. The van der Waals surface area contributed by atoms with E-state index in [0.717, 1.165) is 41.4 Å². The summed E-state index contributed by atoms with van der Waals surface area (Å²) in [6, 6.07) is 8.25. The van der Waals surface area contributed by atoms with Crippen molar-refractivity contribution in [1.82, 2.24) is 14.9 Å². The molecule has 2 aromatic heterocycles. The monoisotopic (exact) mass is 325 g/mol. The van der Waals surface area contributed by atoms with Crippen LogP contribution in [0.25, 0.3) is 0 Å². The van der Waals surface area contributed by atoms with E-state index >= 15 is 0 Å². The van der Waals surface area contributed by atoms with Crippen molar-refractivity contribution >= 4 is 5.91 Å². The summed E-state index contributed by atoms with van der Waals surface area (Å²) in [5, 5.41) is 3.23. The molecular formula is C20H27N3O. The van der Waals surface area contributed by atoms with Gasteiger partial charge in [-0.05, 0) is 63.6 Å². The molecule has 3 rings (SSSR count). The highest BCUT2D eigenvalue weighted by atomic mass is 16.1. The first-order valence-corrected chi connectivity index (χ1v) is 8.92. The van der Waals surface area contributed by atoms with Crippen molar-refractivity contribution < 1.29 is 4.79 Å². The summed E-state index contributed by atoms with van der Waals surface area (Å²) < 4.78 is 2.17. The maximum absolute atomic E-state index is 12.7. The van der Waals surface area contributed by atoms with Crippen molar-refractivity contribution in [3.63, 3.8) is 0 Å². The lowest BCUT2D eigenvalue weighted by Crippen LogP contribution is -2.37. The smallest absolute Gasteiger partial charge is 0.253 e. The van der Waals surface area contributed by atoms with Crippen molar-refractivity contribution in [3.8, 4) is 0 Å². The topological polar surface area (TPSA) is 46.9 Å². The first-order valence-electron chi connectivity index (χ1n) is 8.92. The molecule has 2 aromatic rings. The fraction of sp³-hybridized carbons (Fsp3) is 0.500. The molecule has 0 unspecified atom stereocenters. The first kappa shape index (κ1) is 16.7. The number of nitrogens with zero attached hydrogens (tertiary/aromatic N) is 2. The van der Waals surface area contributed by atoms with Crippen molar-refractivity contribution in [2.45, 2.75) is 59.0 Å². The van der Waals surface area contributed by atoms with Crippen LogP contribution in [0.15, 0.2) is 30.5 Å². The molecule has 4 heteroatoms. The van der Waals surface area contributed by atoms with E-state index in [1.807, 2.05) is 31.2 Å². The number of carbonyl (C=O) groups excluding carboxylic acids is 1. The maximum Gasteiger partial charge on any atom is 0.253 e. The highest BCUT2D eigenvalue weighted by molar-refractivity contribution is 5.95. The van der Waals surface area contributed by atoms with Crippen LogP contribution in [0, 0.1) is 19.8 Å². The molecule has 1 N–H and O–H groups in total. The summed E-state index contributed by atoms with van der Waals surface area (Å²) in [6.07, 6.45) is 6.42. The Morgan fingerprint density at radius 1 is 1.25 bits per heavy atom. The predicted octanol–water partition coefficient (Wildman–Crippen LogP) is 3.86. The van der Waals surface area contributed by atoms with Crippen molar-refractivity contribution in [2.24, 2.45) is 5.92 Å². The van der Waals surface area contributed by atoms with Crippen LogP contribution in [0.5, 0.6) is 0 Å². The quantitative estimate of drug-likeness (QED) is 0.928. The van der Waals surface area contributed by atoms with Gasteiger partial charge in [0, 0.05) is 23.6 Å². The van der Waals surface area contributed by atoms with Crippen LogP contribution in [0.4, 0.5) is 0 Å². The van der Waals surface area contributed by atoms with Gasteiger partial charge in [-0.1, -0.05) is 13.0 Å². The zero-order chi connectivity index (χ0) is 17.1. The third-order valence-corrected chi connectivity index (χ3v) is 5.22. The van der Waals surface area contributed by atoms with Gasteiger partial charge in [-0.2, -0.15) is 0 Å². The number of aromatic nitrogens is 2. The van der Waals surface area contributed by atoms with Crippen LogP contribution in [-0.4, -0.2) is 21.5 Å². The summed E-state index contributed by atoms with van der Waals surface area (Å²) in [5.41, 5.74) is 3.91. The van der Waals surface area contributed by atoms with Crippen molar-refractivity contribution in [3.05, 3.63) is 53.1 Å². The van der Waals surface area contributed by atoms with Gasteiger partial charge in [0.2, 0.25) is 0 Å². The summed E-state index contributed by atoms with van der Waals surface area (Å²) in [6.45, 7) is 7.07. The lowest BCUT2D eigenvalue weighted by molar-refractivity contribution is 0.0922. The molecule has 1 saturated carbocycles. The molecule has 0 radical (unpaired) electrons. The number of aryl methyl sites for hydroxylation is 1. The van der Waals surface area contributed by atoms with Crippen LogP contribution < -0.4 is 5.32 Å². The van der Waals surface area contributed by atoms with Crippen LogP contribution in [0.1, 0.15) is 60.0 Å². The lowest BCUT2D eigenvalue weighted by atomic mass is 9.87. The molecule has 24 heavy (non-hydrogen) atoms. The van der Waals surface area contributed by atoms with E-state index in [1.165, 1.54) is 12.8 Å². The Bertz CT molecular complexity index is 697. The molecule has 128 valence electrons. The minimum Gasteiger partial charge on any atom is -0.349 e. The van der Waals surface area contributed by atoms with Gasteiger partial charge in [0.1, 0.15) is 0 Å². The maximum atomic E-state index is 12.7. The molecule has 1 aliphatic rings. The van der Waals surface area contributed by atoms with E-state index in [1.54, 1.807) is 6.20 Å². The molecule has 2 heterocycles. The summed E-state index contributed by atoms with van der Waals surface area (Å²) in [4.78, 5) is 17.1. The Hall–Kier alpha value is -2.10. The van der Waals surface area contributed by atoms with Gasteiger partial charge in [-0.25, -0.2) is 0 Å². The van der Waals surface area contributed by atoms with Crippen molar-refractivity contribution in [1.29, 1.82) is 0 Å². The average molecular weight is 325 g/mol. The SMILES string of the molecule is Cc1cc(C(=O)NC2CCC(C)CC2)c(C)n1Cc1ccccn1. The summed E-state index contributed by atoms with van der Waals surface area (Å²) >= 11 is 0. The largest absolute Gasteiger partial charge is 0.349 e. The van der Waals surface area contributed by atoms with E-state index in [9.17, 15) is 4.79 Å². The number of carbonyl (C=O) groups is 1. The average Bonchev–Trinajstić information content (AvgIpc) is 2.86. The molecule has 0 aromatic carbocycles. The zero-order valence-corrected chi connectivity index (χ0v) is 14.9. The second-order valence-corrected chi connectivity index (χ2v) is 7.12. The normalized spacial score (nSPS) is 20.8. The number of rotatable bonds is 4. The van der Waals surface area contributed by atoms with Crippen LogP contribution >= 0.6 is 0 Å². The number of pyridine rings is 1. The van der Waals surface area contributed by atoms with Gasteiger partial charge >= 0.3 is 0 Å². The Morgan fingerprint density at radius 3 is 2.67 bits per heavy atom. The number of amides is 1. The number of hydrogen-bond donors (Lipinski definition) is 1. The van der Waals surface area contributed by atoms with E-state index in [4.69, 9.17) is 0 Å². The molecule has 0 aliphatic heterocycles. The highest BCUT2D eigenvalue weighted by Crippen LogP contribution is 2.24. The molecule has 1 amide bonds. The van der Waals surface area contributed by atoms with Crippen LogP contribution in [0.3, 0.4) is 0 Å². The minimum atomic E-state index is 0.0647. The molecule has 0 atom stereocenters. The Labute approximate surface area is 144 Å². The van der Waals surface area contributed by atoms with Gasteiger partial charge in [0.25, 0.3) is 5.91 Å². The fourth-order valence-corrected chi connectivity index (χ4v) is 3.60. The van der Waals surface area contributed by atoms with Gasteiger partial charge in [0.15, 0.2) is 0 Å². The first-order chi connectivity index (χ1) is 11.5. The molecule has 0 spiro atoms. The van der Waals surface area contributed by atoms with E-state index in [2.05, 4.69) is 28.7 Å². The molecular weight excluding hydrogens is 298 g/mol. The fourth-order valence-electron chi connectivity index (χ4n) is 3.60. The van der Waals surface area contributed by atoms with Gasteiger partial charge < -0.3 is 9.88 Å². The second kappa shape index (κ2) is 7.20. The zero-order valence-electron chi connectivity index (χ0n) is 14.9. The van der Waals surface area contributed by atoms with E-state index in [0.29, 0.717) is 12.6 Å². The Morgan fingerprint density at radius 2 is 2.00 bits per heavy atom. The molecule has 0 bridgehead atoms. The molecule has 1 aliphatic carbocycles. The Kier molecular flexibility index (Phi) is 5.03. The van der Waals surface area contributed by atoms with Gasteiger partial charge in [-0.3, -0.25) is 9.78 Å². The second-order valence-electron chi connectivity index (χ2n) is 7.12. The number of hydrogen-bond acceptors (Lipinski definition) is 2. The van der Waals surface area contributed by atoms with E-state index < -0.39 is 0 Å². The van der Waals surface area contributed by atoms with Crippen molar-refractivity contribution in [2.75, 3.05) is 0 Å². The lowest BCUT2D eigenvalue weighted by Gasteiger charge is -2.26. The number of nitrogens with one attached hydrogen (secondary N) is 1. The van der Waals surface area contributed by atoms with E-state index in [-0.39, 0.29) is 5.91 Å². The van der Waals surface area contributed by atoms with Gasteiger partial charge in [-0.15, -0.1) is 0 Å². The summed E-state index contributed by atoms with van der Waals surface area (Å²) in [5.74, 6) is 0.858. The standard InChI is InChI=1S/C20H27N3O/c1-14-7-9-17(10-8-14)22-20(24)19-12-15(2)23(16(19)3)13-18-6-4-5-11-21-18/h4-6,11-12,14,17H,7-10,13H2,1-3H3,(H,22,24). The minimum absolute atomic E-state index is 0.0647. The molecule has 0 saturated heterocycles. The van der Waals surface area contributed by atoms with Crippen LogP contribution in [0.2, 0.25) is 0 Å². The highest BCUT2D eigenvalue weighted by Gasteiger charge is 2.22. The predicted molar refractivity (Wildman–Crippen MR) is 96.1 cm³/mol. The third-order valence-electron chi connectivity index (χ3n) is 5.22. The van der Waals surface area contributed by atoms with Gasteiger partial charge in [0.05, 0.1) is 17.8 Å². The summed E-state index contributed by atoms with van der Waals surface area (Å²) in [7, 11) is 0.